The van der Waals surface area contributed by atoms with E-state index in [0.717, 1.165) is 12.1 Å². The van der Waals surface area contributed by atoms with Crippen molar-refractivity contribution in [2.24, 2.45) is 0 Å². The van der Waals surface area contributed by atoms with Crippen molar-refractivity contribution < 1.29 is 4.79 Å². The van der Waals surface area contributed by atoms with Crippen molar-refractivity contribution in [2.45, 2.75) is 39.0 Å². The van der Waals surface area contributed by atoms with Gasteiger partial charge in [-0.3, -0.25) is 4.79 Å². The Labute approximate surface area is 110 Å². The van der Waals surface area contributed by atoms with E-state index in [1.54, 1.807) is 0 Å². The lowest BCUT2D eigenvalue weighted by atomic mass is 10.00. The van der Waals surface area contributed by atoms with Gasteiger partial charge >= 0.3 is 0 Å². The molecule has 0 spiro atoms. The van der Waals surface area contributed by atoms with Crippen LogP contribution in [0, 0.1) is 0 Å². The van der Waals surface area contributed by atoms with Crippen LogP contribution >= 0.6 is 0 Å². The van der Waals surface area contributed by atoms with E-state index in [2.05, 4.69) is 30.9 Å². The number of Topliss-reactive ketones (excluding diaryl/α,β-unsaturated/α-hetero) is 1. The molecule has 0 N–H and O–H groups in total. The fraction of sp³-hybridized carbons (Fsp3) is 0.562. The molecular weight excluding hydrogens is 222 g/mol. The Hall–Kier alpha value is -1.15. The highest BCUT2D eigenvalue weighted by Gasteiger charge is 2.13. The third-order valence-electron chi connectivity index (χ3n) is 3.75. The van der Waals surface area contributed by atoms with Gasteiger partial charge in [-0.1, -0.05) is 38.1 Å². The minimum atomic E-state index is 0.275. The smallest absolute Gasteiger partial charge is 0.164 e. The Morgan fingerprint density at radius 1 is 1.17 bits per heavy atom. The van der Waals surface area contributed by atoms with Gasteiger partial charge in [-0.05, 0) is 37.4 Å². The lowest BCUT2D eigenvalue weighted by Gasteiger charge is -2.13. The maximum atomic E-state index is 12.1. The highest BCUT2D eigenvalue weighted by atomic mass is 16.1. The van der Waals surface area contributed by atoms with E-state index in [4.69, 9.17) is 0 Å². The number of ketones is 1. The van der Waals surface area contributed by atoms with Crippen LogP contribution in [0.25, 0.3) is 0 Å². The quantitative estimate of drug-likeness (QED) is 0.740. The molecular formula is C16H23NO. The van der Waals surface area contributed by atoms with Crippen LogP contribution in [0.15, 0.2) is 24.3 Å². The summed E-state index contributed by atoms with van der Waals surface area (Å²) in [6.45, 7) is 7.60. The molecule has 0 aromatic heterocycles. The van der Waals surface area contributed by atoms with Gasteiger partial charge in [-0.25, -0.2) is 0 Å². The van der Waals surface area contributed by atoms with Gasteiger partial charge in [0.05, 0.1) is 0 Å². The van der Waals surface area contributed by atoms with E-state index >= 15 is 0 Å². The molecule has 2 heteroatoms. The van der Waals surface area contributed by atoms with E-state index < -0.39 is 0 Å². The minimum absolute atomic E-state index is 0.275. The van der Waals surface area contributed by atoms with Crippen LogP contribution in [-0.4, -0.2) is 30.3 Å². The van der Waals surface area contributed by atoms with Crippen LogP contribution in [0.4, 0.5) is 0 Å². The van der Waals surface area contributed by atoms with Crippen molar-refractivity contribution in [3.05, 3.63) is 35.4 Å². The molecule has 1 aromatic carbocycles. The Balaban J connectivity index is 1.87. The highest BCUT2D eigenvalue weighted by molar-refractivity contribution is 5.96. The summed E-state index contributed by atoms with van der Waals surface area (Å²) < 4.78 is 0. The molecule has 0 amide bonds. The molecule has 98 valence electrons. The van der Waals surface area contributed by atoms with Gasteiger partial charge in [0.1, 0.15) is 0 Å². The minimum Gasteiger partial charge on any atom is -0.303 e. The Kier molecular flexibility index (Phi) is 4.54. The zero-order valence-electron chi connectivity index (χ0n) is 11.5. The summed E-state index contributed by atoms with van der Waals surface area (Å²) in [4.78, 5) is 14.4. The fourth-order valence-electron chi connectivity index (χ4n) is 2.46. The normalized spacial score (nSPS) is 16.4. The summed E-state index contributed by atoms with van der Waals surface area (Å²) in [6.07, 6.45) is 3.23. The van der Waals surface area contributed by atoms with Crippen molar-refractivity contribution >= 4 is 5.78 Å². The second kappa shape index (κ2) is 6.14. The molecule has 0 bridgehead atoms. The number of hydrogen-bond donors (Lipinski definition) is 0. The SMILES string of the molecule is CC(C)c1ccc(C(=O)CCN2CCCC2)cc1. The Bertz CT molecular complexity index is 388. The van der Waals surface area contributed by atoms with Gasteiger partial charge in [0.25, 0.3) is 0 Å². The number of benzene rings is 1. The van der Waals surface area contributed by atoms with Gasteiger partial charge < -0.3 is 4.90 Å². The molecule has 2 rings (SSSR count). The third kappa shape index (κ3) is 3.42. The van der Waals surface area contributed by atoms with E-state index in [1.807, 2.05) is 12.1 Å². The number of rotatable bonds is 5. The average molecular weight is 245 g/mol. The van der Waals surface area contributed by atoms with Crippen LogP contribution in [-0.2, 0) is 0 Å². The topological polar surface area (TPSA) is 20.3 Å². The Morgan fingerprint density at radius 3 is 2.33 bits per heavy atom. The molecule has 1 heterocycles. The highest BCUT2D eigenvalue weighted by Crippen LogP contribution is 2.16. The predicted molar refractivity (Wildman–Crippen MR) is 75.2 cm³/mol. The van der Waals surface area contributed by atoms with Gasteiger partial charge in [0.2, 0.25) is 0 Å². The van der Waals surface area contributed by atoms with E-state index in [1.165, 1.54) is 31.5 Å². The first-order valence-corrected chi connectivity index (χ1v) is 7.02. The molecule has 0 unspecified atom stereocenters. The molecule has 1 aliphatic rings. The monoisotopic (exact) mass is 245 g/mol. The van der Waals surface area contributed by atoms with Crippen LogP contribution in [0.5, 0.6) is 0 Å². The van der Waals surface area contributed by atoms with Gasteiger partial charge in [0, 0.05) is 18.5 Å². The van der Waals surface area contributed by atoms with Crippen molar-refractivity contribution in [1.29, 1.82) is 0 Å². The third-order valence-corrected chi connectivity index (χ3v) is 3.75. The number of hydrogen-bond acceptors (Lipinski definition) is 2. The molecule has 0 atom stereocenters. The lowest BCUT2D eigenvalue weighted by molar-refractivity contribution is 0.0969. The summed E-state index contributed by atoms with van der Waals surface area (Å²) >= 11 is 0. The van der Waals surface area contributed by atoms with E-state index in [-0.39, 0.29) is 5.78 Å². The summed E-state index contributed by atoms with van der Waals surface area (Å²) in [5.74, 6) is 0.802. The summed E-state index contributed by atoms with van der Waals surface area (Å²) in [5.41, 5.74) is 2.16. The van der Waals surface area contributed by atoms with Crippen molar-refractivity contribution in [3.63, 3.8) is 0 Å². The molecule has 0 radical (unpaired) electrons. The van der Waals surface area contributed by atoms with Gasteiger partial charge in [0.15, 0.2) is 5.78 Å². The molecule has 0 saturated carbocycles. The standard InChI is InChI=1S/C16H23NO/c1-13(2)14-5-7-15(8-6-14)16(18)9-12-17-10-3-4-11-17/h5-8,13H,3-4,9-12H2,1-2H3. The number of likely N-dealkylation sites (tertiary alicyclic amines) is 1. The summed E-state index contributed by atoms with van der Waals surface area (Å²) in [5, 5.41) is 0. The molecule has 1 saturated heterocycles. The van der Waals surface area contributed by atoms with Gasteiger partial charge in [-0.15, -0.1) is 0 Å². The van der Waals surface area contributed by atoms with Crippen molar-refractivity contribution in [3.8, 4) is 0 Å². The first-order valence-electron chi connectivity index (χ1n) is 7.02. The van der Waals surface area contributed by atoms with Crippen LogP contribution in [0.3, 0.4) is 0 Å². The number of carbonyl (C=O) groups is 1. The summed E-state index contributed by atoms with van der Waals surface area (Å²) in [6, 6.07) is 8.10. The van der Waals surface area contributed by atoms with Crippen LogP contribution in [0.2, 0.25) is 0 Å². The van der Waals surface area contributed by atoms with Crippen LogP contribution < -0.4 is 0 Å². The predicted octanol–water partition coefficient (Wildman–Crippen LogP) is 3.48. The summed E-state index contributed by atoms with van der Waals surface area (Å²) in [7, 11) is 0. The zero-order valence-corrected chi connectivity index (χ0v) is 11.5. The number of nitrogens with zero attached hydrogens (tertiary/aromatic N) is 1. The lowest BCUT2D eigenvalue weighted by Crippen LogP contribution is -2.22. The maximum Gasteiger partial charge on any atom is 0.164 e. The Morgan fingerprint density at radius 2 is 1.78 bits per heavy atom. The van der Waals surface area contributed by atoms with E-state index in [0.29, 0.717) is 12.3 Å². The number of carbonyl (C=O) groups excluding carboxylic acids is 1. The van der Waals surface area contributed by atoms with Crippen LogP contribution in [0.1, 0.15) is 54.9 Å². The molecule has 1 fully saturated rings. The average Bonchev–Trinajstić information content (AvgIpc) is 2.89. The molecule has 18 heavy (non-hydrogen) atoms. The van der Waals surface area contributed by atoms with Gasteiger partial charge in [-0.2, -0.15) is 0 Å². The molecule has 0 aliphatic carbocycles. The maximum absolute atomic E-state index is 12.1. The first-order chi connectivity index (χ1) is 8.66. The molecule has 1 aliphatic heterocycles. The van der Waals surface area contributed by atoms with Crippen molar-refractivity contribution in [2.75, 3.05) is 19.6 Å². The van der Waals surface area contributed by atoms with E-state index in [9.17, 15) is 4.79 Å². The largest absolute Gasteiger partial charge is 0.303 e. The molecule has 2 nitrogen and oxygen atoms in total. The second-order valence-electron chi connectivity index (χ2n) is 5.50. The fourth-order valence-corrected chi connectivity index (χ4v) is 2.46. The molecule has 1 aromatic rings. The zero-order chi connectivity index (χ0) is 13.0. The first kappa shape index (κ1) is 13.3. The second-order valence-corrected chi connectivity index (χ2v) is 5.50. The van der Waals surface area contributed by atoms with Crippen molar-refractivity contribution in [1.82, 2.24) is 4.90 Å².